The molecule has 0 amide bonds. The molecule has 0 saturated carbocycles. The maximum Gasteiger partial charge on any atom is 0.220 e. The average Bonchev–Trinajstić information content (AvgIpc) is 2.42. The fraction of sp³-hybridized carbons (Fsp3) is 0.222. The highest BCUT2D eigenvalue weighted by Gasteiger charge is 2.10. The number of para-hydroxylation sites is 1. The number of hydrogen-bond donors (Lipinski definition) is 1. The summed E-state index contributed by atoms with van der Waals surface area (Å²) < 4.78 is 1.81. The zero-order chi connectivity index (χ0) is 10.3. The first-order chi connectivity index (χ1) is 6.61. The van der Waals surface area contributed by atoms with Crippen LogP contribution in [0.3, 0.4) is 0 Å². The normalized spacial score (nSPS) is 10.8. The molecule has 0 saturated heterocycles. The summed E-state index contributed by atoms with van der Waals surface area (Å²) in [4.78, 5) is 4.20. The highest BCUT2D eigenvalue weighted by Crippen LogP contribution is 2.24. The van der Waals surface area contributed by atoms with E-state index in [4.69, 9.17) is 17.3 Å². The summed E-state index contributed by atoms with van der Waals surface area (Å²) >= 11 is 6.00. The zero-order valence-corrected chi connectivity index (χ0v) is 8.78. The molecule has 2 aromatic rings. The van der Waals surface area contributed by atoms with Crippen LogP contribution in [0.5, 0.6) is 0 Å². The van der Waals surface area contributed by atoms with Crippen molar-refractivity contribution in [2.45, 2.75) is 0 Å². The molecule has 14 heavy (non-hydrogen) atoms. The van der Waals surface area contributed by atoms with E-state index >= 15 is 0 Å². The van der Waals surface area contributed by atoms with Gasteiger partial charge in [-0.3, -0.25) is 0 Å². The predicted octanol–water partition coefficient (Wildman–Crippen LogP) is 1.47. The van der Waals surface area contributed by atoms with Crippen molar-refractivity contribution in [2.75, 3.05) is 24.8 Å². The summed E-state index contributed by atoms with van der Waals surface area (Å²) in [7, 11) is 3.80. The van der Waals surface area contributed by atoms with Crippen molar-refractivity contribution < 1.29 is 0 Å². The number of halogens is 1. The van der Waals surface area contributed by atoms with Gasteiger partial charge in [0.25, 0.3) is 0 Å². The van der Waals surface area contributed by atoms with Crippen LogP contribution in [0.2, 0.25) is 5.02 Å². The molecule has 1 aromatic heterocycles. The molecule has 0 aliphatic heterocycles. The lowest BCUT2D eigenvalue weighted by molar-refractivity contribution is 0.765. The van der Waals surface area contributed by atoms with Crippen molar-refractivity contribution in [2.24, 2.45) is 0 Å². The Morgan fingerprint density at radius 2 is 2.14 bits per heavy atom. The Morgan fingerprint density at radius 3 is 2.79 bits per heavy atom. The Bertz CT molecular complexity index is 475. The number of aromatic nitrogens is 2. The third-order valence-electron chi connectivity index (χ3n) is 2.04. The van der Waals surface area contributed by atoms with E-state index in [1.54, 1.807) is 10.7 Å². The van der Waals surface area contributed by atoms with Crippen molar-refractivity contribution >= 4 is 28.6 Å². The first-order valence-electron chi connectivity index (χ1n) is 4.21. The minimum Gasteiger partial charge on any atom is -0.368 e. The zero-order valence-electron chi connectivity index (χ0n) is 8.03. The molecule has 0 fully saturated rings. The summed E-state index contributed by atoms with van der Waals surface area (Å²) in [5.74, 6) is 0.443. The van der Waals surface area contributed by atoms with Gasteiger partial charge in [0.05, 0.1) is 10.5 Å². The lowest BCUT2D eigenvalue weighted by Gasteiger charge is -2.15. The molecule has 0 aliphatic carbocycles. The standard InChI is InChI=1S/C9H11ClN4/c1-13(2)14-7-5-3-4-6(10)8(7)12-9(14)11/h3-5H,1-2H3,(H2,11,12). The van der Waals surface area contributed by atoms with Crippen LogP contribution in [-0.4, -0.2) is 23.8 Å². The van der Waals surface area contributed by atoms with E-state index in [2.05, 4.69) is 4.98 Å². The number of nitrogen functional groups attached to an aromatic ring is 1. The second kappa shape index (κ2) is 3.06. The Hall–Kier alpha value is -1.42. The lowest BCUT2D eigenvalue weighted by Crippen LogP contribution is -2.26. The van der Waals surface area contributed by atoms with Crippen LogP contribution in [0.1, 0.15) is 0 Å². The van der Waals surface area contributed by atoms with Crippen LogP contribution in [-0.2, 0) is 0 Å². The van der Waals surface area contributed by atoms with Gasteiger partial charge in [-0.2, -0.15) is 0 Å². The van der Waals surface area contributed by atoms with Crippen molar-refractivity contribution in [1.29, 1.82) is 0 Å². The Morgan fingerprint density at radius 1 is 1.43 bits per heavy atom. The predicted molar refractivity (Wildman–Crippen MR) is 59.2 cm³/mol. The van der Waals surface area contributed by atoms with E-state index in [0.717, 1.165) is 11.0 Å². The van der Waals surface area contributed by atoms with E-state index in [0.29, 0.717) is 11.0 Å². The lowest BCUT2D eigenvalue weighted by atomic mass is 10.3. The van der Waals surface area contributed by atoms with Crippen molar-refractivity contribution in [3.63, 3.8) is 0 Å². The summed E-state index contributed by atoms with van der Waals surface area (Å²) in [6.45, 7) is 0. The van der Waals surface area contributed by atoms with Crippen molar-refractivity contribution in [3.8, 4) is 0 Å². The van der Waals surface area contributed by atoms with E-state index < -0.39 is 0 Å². The topological polar surface area (TPSA) is 47.1 Å². The Balaban J connectivity index is 2.83. The van der Waals surface area contributed by atoms with Crippen LogP contribution in [0.4, 0.5) is 5.95 Å². The number of fused-ring (bicyclic) bond motifs is 1. The van der Waals surface area contributed by atoms with Gasteiger partial charge < -0.3 is 10.7 Å². The van der Waals surface area contributed by atoms with Gasteiger partial charge in [0.2, 0.25) is 5.95 Å². The van der Waals surface area contributed by atoms with E-state index in [-0.39, 0.29) is 0 Å². The molecule has 0 radical (unpaired) electrons. The maximum absolute atomic E-state index is 6.00. The monoisotopic (exact) mass is 210 g/mol. The minimum absolute atomic E-state index is 0.443. The average molecular weight is 211 g/mol. The number of nitrogens with zero attached hydrogens (tertiary/aromatic N) is 3. The third kappa shape index (κ3) is 1.19. The van der Waals surface area contributed by atoms with Gasteiger partial charge in [0, 0.05) is 14.1 Å². The van der Waals surface area contributed by atoms with Gasteiger partial charge in [-0.05, 0) is 12.1 Å². The molecule has 2 rings (SSSR count). The SMILES string of the molecule is CN(C)n1c(N)nc2c(Cl)cccc21. The summed E-state index contributed by atoms with van der Waals surface area (Å²) in [6.07, 6.45) is 0. The Labute approximate surface area is 86.9 Å². The smallest absolute Gasteiger partial charge is 0.220 e. The number of nitrogens with two attached hydrogens (primary N) is 1. The minimum atomic E-state index is 0.443. The molecule has 0 unspecified atom stereocenters. The van der Waals surface area contributed by atoms with Gasteiger partial charge in [-0.1, -0.05) is 17.7 Å². The van der Waals surface area contributed by atoms with Gasteiger partial charge >= 0.3 is 0 Å². The van der Waals surface area contributed by atoms with Crippen molar-refractivity contribution in [3.05, 3.63) is 23.2 Å². The quantitative estimate of drug-likeness (QED) is 0.776. The van der Waals surface area contributed by atoms with Crippen LogP contribution in [0, 0.1) is 0 Å². The summed E-state index contributed by atoms with van der Waals surface area (Å²) in [5, 5.41) is 2.48. The first kappa shape index (κ1) is 9.15. The molecule has 1 aromatic carbocycles. The van der Waals surface area contributed by atoms with Crippen LogP contribution in [0.25, 0.3) is 11.0 Å². The molecule has 5 heteroatoms. The second-order valence-corrected chi connectivity index (χ2v) is 3.64. The van der Waals surface area contributed by atoms with Gasteiger partial charge in [0.1, 0.15) is 5.52 Å². The first-order valence-corrected chi connectivity index (χ1v) is 4.59. The molecular weight excluding hydrogens is 200 g/mol. The maximum atomic E-state index is 6.00. The van der Waals surface area contributed by atoms with E-state index in [1.165, 1.54) is 0 Å². The molecule has 74 valence electrons. The number of rotatable bonds is 1. The largest absolute Gasteiger partial charge is 0.368 e. The van der Waals surface area contributed by atoms with Crippen LogP contribution < -0.4 is 10.7 Å². The Kier molecular flexibility index (Phi) is 2.00. The van der Waals surface area contributed by atoms with E-state index in [9.17, 15) is 0 Å². The molecule has 0 atom stereocenters. The van der Waals surface area contributed by atoms with Crippen molar-refractivity contribution in [1.82, 2.24) is 9.66 Å². The third-order valence-corrected chi connectivity index (χ3v) is 2.34. The summed E-state index contributed by atoms with van der Waals surface area (Å²) in [6, 6.07) is 5.62. The highest BCUT2D eigenvalue weighted by molar-refractivity contribution is 6.35. The molecule has 0 spiro atoms. The molecule has 0 aliphatic rings. The second-order valence-electron chi connectivity index (χ2n) is 3.24. The van der Waals surface area contributed by atoms with Crippen LogP contribution in [0.15, 0.2) is 18.2 Å². The van der Waals surface area contributed by atoms with Gasteiger partial charge in [-0.15, -0.1) is 0 Å². The van der Waals surface area contributed by atoms with Gasteiger partial charge in [-0.25, -0.2) is 9.66 Å². The molecule has 2 N–H and O–H groups in total. The number of benzene rings is 1. The number of hydrogen-bond acceptors (Lipinski definition) is 3. The number of anilines is 1. The molecule has 4 nitrogen and oxygen atoms in total. The molecule has 0 bridgehead atoms. The van der Waals surface area contributed by atoms with E-state index in [1.807, 2.05) is 31.2 Å². The van der Waals surface area contributed by atoms with Gasteiger partial charge in [0.15, 0.2) is 0 Å². The fourth-order valence-electron chi connectivity index (χ4n) is 1.49. The van der Waals surface area contributed by atoms with Crippen LogP contribution >= 0.6 is 11.6 Å². The molecular formula is C9H11ClN4. The number of imidazole rings is 1. The fourth-order valence-corrected chi connectivity index (χ4v) is 1.70. The molecule has 1 heterocycles. The summed E-state index contributed by atoms with van der Waals surface area (Å²) in [5.41, 5.74) is 7.43. The highest BCUT2D eigenvalue weighted by atomic mass is 35.5.